The van der Waals surface area contributed by atoms with E-state index in [0.717, 1.165) is 47.3 Å². The van der Waals surface area contributed by atoms with E-state index in [1.54, 1.807) is 12.1 Å². The maximum absolute atomic E-state index is 13.4. The summed E-state index contributed by atoms with van der Waals surface area (Å²) < 4.78 is 25.7. The number of hydrogen-bond acceptors (Lipinski definition) is 3. The zero-order chi connectivity index (χ0) is 18.1. The first kappa shape index (κ1) is 16.4. The molecule has 2 aromatic carbocycles. The van der Waals surface area contributed by atoms with Crippen LogP contribution in [0.5, 0.6) is 5.88 Å². The van der Waals surface area contributed by atoms with Crippen LogP contribution in [0.4, 0.5) is 9.18 Å². The average molecular weight is 351 g/mol. The molecular formula is C21H18FNO3. The lowest BCUT2D eigenvalue weighted by Crippen LogP contribution is -2.11. The lowest BCUT2D eigenvalue weighted by atomic mass is 9.95. The highest BCUT2D eigenvalue weighted by Crippen LogP contribution is 2.46. The molecule has 0 unspecified atom stereocenters. The minimum Gasteiger partial charge on any atom is -0.437 e. The summed E-state index contributed by atoms with van der Waals surface area (Å²) in [5.74, 6) is 0.145. The molecule has 0 saturated carbocycles. The molecule has 0 spiro atoms. The Hall–Kier alpha value is -3.08. The number of halogens is 1. The Morgan fingerprint density at radius 2 is 1.69 bits per heavy atom. The Morgan fingerprint density at radius 3 is 2.38 bits per heavy atom. The summed E-state index contributed by atoms with van der Waals surface area (Å²) in [6, 6.07) is 16.2. The molecule has 0 fully saturated rings. The molecule has 1 aromatic heterocycles. The van der Waals surface area contributed by atoms with Crippen LogP contribution in [-0.4, -0.2) is 17.8 Å². The summed E-state index contributed by atoms with van der Waals surface area (Å²) >= 11 is 0. The second-order valence-electron chi connectivity index (χ2n) is 6.19. The van der Waals surface area contributed by atoms with Gasteiger partial charge >= 0.3 is 6.16 Å². The van der Waals surface area contributed by atoms with E-state index in [4.69, 9.17) is 9.47 Å². The molecule has 0 amide bonds. The summed E-state index contributed by atoms with van der Waals surface area (Å²) in [6.45, 7) is 0.767. The van der Waals surface area contributed by atoms with Gasteiger partial charge in [-0.2, -0.15) is 0 Å². The molecule has 132 valence electrons. The van der Waals surface area contributed by atoms with Crippen molar-refractivity contribution in [3.63, 3.8) is 0 Å². The third kappa shape index (κ3) is 2.75. The molecule has 1 aliphatic rings. The monoisotopic (exact) mass is 351 g/mol. The van der Waals surface area contributed by atoms with Crippen molar-refractivity contribution in [2.75, 3.05) is 7.11 Å². The number of ether oxygens (including phenoxy) is 2. The number of methoxy groups -OCH3 is 1. The van der Waals surface area contributed by atoms with Crippen molar-refractivity contribution in [2.24, 2.45) is 0 Å². The second kappa shape index (κ2) is 6.67. The zero-order valence-corrected chi connectivity index (χ0v) is 14.4. The van der Waals surface area contributed by atoms with Crippen molar-refractivity contribution in [1.29, 1.82) is 0 Å². The minimum absolute atomic E-state index is 0.308. The second-order valence-corrected chi connectivity index (χ2v) is 6.19. The third-order valence-corrected chi connectivity index (χ3v) is 4.66. The average Bonchev–Trinajstić information content (AvgIpc) is 3.25. The summed E-state index contributed by atoms with van der Waals surface area (Å²) in [6.07, 6.45) is 1.11. The SMILES string of the molecule is COC(=O)Oc1c(-c2ccc(F)cc2)c(-c2ccccc2)c2n1CCC2. The number of carbonyl (C=O) groups excluding carboxylic acids is 1. The Balaban J connectivity index is 1.99. The molecule has 1 aliphatic heterocycles. The Bertz CT molecular complexity index is 946. The standard InChI is InChI=1S/C21H18FNO3/c1-25-21(24)26-20-19(15-9-11-16(22)12-10-15)18(14-6-3-2-4-7-14)17-8-5-13-23(17)20/h2-4,6-7,9-12H,5,8,13H2,1H3. The van der Waals surface area contributed by atoms with Crippen LogP contribution in [0.15, 0.2) is 54.6 Å². The fourth-order valence-corrected chi connectivity index (χ4v) is 3.57. The van der Waals surface area contributed by atoms with Gasteiger partial charge in [0.25, 0.3) is 0 Å². The van der Waals surface area contributed by atoms with Crippen LogP contribution in [0.25, 0.3) is 22.3 Å². The zero-order valence-electron chi connectivity index (χ0n) is 14.4. The number of rotatable bonds is 3. The summed E-state index contributed by atoms with van der Waals surface area (Å²) in [7, 11) is 1.28. The minimum atomic E-state index is -0.764. The number of carbonyl (C=O) groups is 1. The van der Waals surface area contributed by atoms with E-state index < -0.39 is 6.16 Å². The predicted molar refractivity (Wildman–Crippen MR) is 96.6 cm³/mol. The van der Waals surface area contributed by atoms with Gasteiger partial charge in [-0.15, -0.1) is 0 Å². The van der Waals surface area contributed by atoms with E-state index in [-0.39, 0.29) is 5.82 Å². The smallest absolute Gasteiger partial charge is 0.437 e. The lowest BCUT2D eigenvalue weighted by molar-refractivity contribution is 0.118. The first-order valence-corrected chi connectivity index (χ1v) is 8.51. The van der Waals surface area contributed by atoms with Gasteiger partial charge < -0.3 is 14.0 Å². The van der Waals surface area contributed by atoms with Gasteiger partial charge in [0.2, 0.25) is 5.88 Å². The maximum Gasteiger partial charge on any atom is 0.514 e. The Morgan fingerprint density at radius 1 is 1.00 bits per heavy atom. The lowest BCUT2D eigenvalue weighted by Gasteiger charge is -2.10. The Kier molecular flexibility index (Phi) is 4.21. The molecule has 4 nitrogen and oxygen atoms in total. The van der Waals surface area contributed by atoms with E-state index in [1.807, 2.05) is 34.9 Å². The van der Waals surface area contributed by atoms with E-state index in [0.29, 0.717) is 5.88 Å². The molecule has 0 radical (unpaired) electrons. The van der Waals surface area contributed by atoms with Gasteiger partial charge in [-0.05, 0) is 36.1 Å². The van der Waals surface area contributed by atoms with Crippen LogP contribution in [-0.2, 0) is 17.7 Å². The van der Waals surface area contributed by atoms with Gasteiger partial charge in [0.05, 0.1) is 12.7 Å². The van der Waals surface area contributed by atoms with Gasteiger partial charge in [-0.1, -0.05) is 42.5 Å². The molecule has 0 N–H and O–H groups in total. The van der Waals surface area contributed by atoms with Crippen LogP contribution >= 0.6 is 0 Å². The molecule has 0 bridgehead atoms. The largest absolute Gasteiger partial charge is 0.514 e. The van der Waals surface area contributed by atoms with Crippen molar-refractivity contribution >= 4 is 6.16 Å². The third-order valence-electron chi connectivity index (χ3n) is 4.66. The van der Waals surface area contributed by atoms with E-state index in [1.165, 1.54) is 19.2 Å². The highest BCUT2D eigenvalue weighted by atomic mass is 19.1. The van der Waals surface area contributed by atoms with Gasteiger partial charge in [0, 0.05) is 17.8 Å². The molecule has 2 heterocycles. The van der Waals surface area contributed by atoms with Gasteiger partial charge in [0.1, 0.15) is 5.82 Å². The van der Waals surface area contributed by atoms with Crippen LogP contribution in [0.3, 0.4) is 0 Å². The van der Waals surface area contributed by atoms with Crippen molar-refractivity contribution in [3.05, 3.63) is 66.1 Å². The van der Waals surface area contributed by atoms with Crippen LogP contribution < -0.4 is 4.74 Å². The highest BCUT2D eigenvalue weighted by molar-refractivity contribution is 5.91. The van der Waals surface area contributed by atoms with Crippen molar-refractivity contribution in [2.45, 2.75) is 19.4 Å². The number of aromatic nitrogens is 1. The number of hydrogen-bond donors (Lipinski definition) is 0. The Labute approximate surface area is 150 Å². The summed E-state index contributed by atoms with van der Waals surface area (Å²) in [5, 5.41) is 0. The molecule has 26 heavy (non-hydrogen) atoms. The van der Waals surface area contributed by atoms with Crippen molar-refractivity contribution in [1.82, 2.24) is 4.57 Å². The van der Waals surface area contributed by atoms with Gasteiger partial charge in [-0.3, -0.25) is 0 Å². The molecule has 0 atom stereocenters. The molecule has 5 heteroatoms. The van der Waals surface area contributed by atoms with Crippen molar-refractivity contribution in [3.8, 4) is 28.1 Å². The molecule has 4 rings (SSSR count). The van der Waals surface area contributed by atoms with Gasteiger partial charge in [-0.25, -0.2) is 9.18 Å². The van der Waals surface area contributed by atoms with Crippen LogP contribution in [0, 0.1) is 5.82 Å². The van der Waals surface area contributed by atoms with E-state index in [2.05, 4.69) is 0 Å². The predicted octanol–water partition coefficient (Wildman–Crippen LogP) is 5.05. The normalized spacial score (nSPS) is 12.7. The fourth-order valence-electron chi connectivity index (χ4n) is 3.57. The van der Waals surface area contributed by atoms with E-state index >= 15 is 0 Å². The van der Waals surface area contributed by atoms with E-state index in [9.17, 15) is 9.18 Å². The topological polar surface area (TPSA) is 40.5 Å². The number of nitrogens with zero attached hydrogens (tertiary/aromatic N) is 1. The first-order valence-electron chi connectivity index (χ1n) is 8.51. The summed E-state index contributed by atoms with van der Waals surface area (Å²) in [4.78, 5) is 11.8. The fraction of sp³-hybridized carbons (Fsp3) is 0.190. The number of benzene rings is 2. The van der Waals surface area contributed by atoms with Crippen molar-refractivity contribution < 1.29 is 18.7 Å². The quantitative estimate of drug-likeness (QED) is 0.620. The van der Waals surface area contributed by atoms with Gasteiger partial charge in [0.15, 0.2) is 0 Å². The first-order chi connectivity index (χ1) is 12.7. The molecule has 0 saturated heterocycles. The van der Waals surface area contributed by atoms with Crippen LogP contribution in [0.2, 0.25) is 0 Å². The highest BCUT2D eigenvalue weighted by Gasteiger charge is 2.30. The maximum atomic E-state index is 13.4. The van der Waals surface area contributed by atoms with Crippen LogP contribution in [0.1, 0.15) is 12.1 Å². The molecule has 0 aliphatic carbocycles. The number of fused-ring (bicyclic) bond motifs is 1. The molecule has 3 aromatic rings. The molecular weight excluding hydrogens is 333 g/mol. The summed E-state index contributed by atoms with van der Waals surface area (Å²) in [5.41, 5.74) is 4.77.